The van der Waals surface area contributed by atoms with Crippen LogP contribution in [0.3, 0.4) is 0 Å². The molecule has 136 valence electrons. The second kappa shape index (κ2) is 6.92. The largest absolute Gasteiger partial charge is 0.322 e. The van der Waals surface area contributed by atoms with Crippen LogP contribution in [-0.4, -0.2) is 25.7 Å². The number of benzene rings is 2. The summed E-state index contributed by atoms with van der Waals surface area (Å²) in [6.45, 7) is 3.78. The molecule has 1 amide bonds. The number of hydrogen-bond acceptors (Lipinski definition) is 5. The molecule has 0 radical (unpaired) electrons. The van der Waals surface area contributed by atoms with Gasteiger partial charge in [-0.15, -0.1) is 10.2 Å². The number of nitrogens with zero attached hydrogens (tertiary/aromatic N) is 4. The molecule has 6 nitrogen and oxygen atoms in total. The van der Waals surface area contributed by atoms with E-state index in [1.807, 2.05) is 32.0 Å². The van der Waals surface area contributed by atoms with Crippen molar-refractivity contribution in [1.82, 2.24) is 19.8 Å². The summed E-state index contributed by atoms with van der Waals surface area (Å²) >= 11 is 13.4. The third-order valence-electron chi connectivity index (χ3n) is 4.06. The number of anilines is 1. The molecule has 0 spiro atoms. The standard InChI is InChI=1S/C18H13Cl2N5OS/c1-9-3-4-12(17-24-25-10(2)22-23-18(25)27-17)8-15(9)21-16(26)11-5-6-13(19)14(20)7-11/h3-8H,1-2H3,(H,21,26). The Hall–Kier alpha value is -2.48. The number of carbonyl (C=O) groups excluding carboxylic acids is 1. The van der Waals surface area contributed by atoms with Crippen molar-refractivity contribution in [1.29, 1.82) is 0 Å². The van der Waals surface area contributed by atoms with Crippen LogP contribution in [0.1, 0.15) is 21.7 Å². The summed E-state index contributed by atoms with van der Waals surface area (Å²) in [5.74, 6) is 0.468. The summed E-state index contributed by atoms with van der Waals surface area (Å²) in [5, 5.41) is 17.1. The Bertz CT molecular complexity index is 1180. The summed E-state index contributed by atoms with van der Waals surface area (Å²) in [6.07, 6.45) is 0. The van der Waals surface area contributed by atoms with E-state index in [9.17, 15) is 4.79 Å². The molecule has 0 saturated heterocycles. The molecule has 4 aromatic rings. The van der Waals surface area contributed by atoms with E-state index >= 15 is 0 Å². The lowest BCUT2D eigenvalue weighted by molar-refractivity contribution is 0.102. The van der Waals surface area contributed by atoms with Gasteiger partial charge in [-0.05, 0) is 43.7 Å². The molecule has 0 aliphatic heterocycles. The number of aromatic nitrogens is 4. The minimum Gasteiger partial charge on any atom is -0.322 e. The molecule has 4 rings (SSSR count). The zero-order valence-corrected chi connectivity index (χ0v) is 16.7. The van der Waals surface area contributed by atoms with Crippen LogP contribution in [0.15, 0.2) is 36.4 Å². The minimum absolute atomic E-state index is 0.261. The molecular weight excluding hydrogens is 405 g/mol. The van der Waals surface area contributed by atoms with Crippen molar-refractivity contribution in [2.45, 2.75) is 13.8 Å². The van der Waals surface area contributed by atoms with Crippen molar-refractivity contribution < 1.29 is 4.79 Å². The molecule has 27 heavy (non-hydrogen) atoms. The van der Waals surface area contributed by atoms with E-state index in [1.165, 1.54) is 11.3 Å². The predicted octanol–water partition coefficient (Wildman–Crippen LogP) is 5.03. The third-order valence-corrected chi connectivity index (χ3v) is 5.75. The Labute approximate surface area is 168 Å². The fraction of sp³-hybridized carbons (Fsp3) is 0.111. The average Bonchev–Trinajstić information content (AvgIpc) is 3.21. The van der Waals surface area contributed by atoms with Gasteiger partial charge in [-0.2, -0.15) is 9.61 Å². The van der Waals surface area contributed by atoms with Gasteiger partial charge in [-0.25, -0.2) is 0 Å². The van der Waals surface area contributed by atoms with Crippen molar-refractivity contribution in [3.05, 3.63) is 63.4 Å². The highest BCUT2D eigenvalue weighted by molar-refractivity contribution is 7.19. The van der Waals surface area contributed by atoms with Crippen molar-refractivity contribution in [2.75, 3.05) is 5.32 Å². The van der Waals surface area contributed by atoms with E-state index in [4.69, 9.17) is 23.2 Å². The lowest BCUT2D eigenvalue weighted by Gasteiger charge is -2.10. The quantitative estimate of drug-likeness (QED) is 0.507. The van der Waals surface area contributed by atoms with Crippen molar-refractivity contribution in [3.8, 4) is 10.6 Å². The van der Waals surface area contributed by atoms with Gasteiger partial charge in [0.25, 0.3) is 5.91 Å². The Morgan fingerprint density at radius 1 is 1.07 bits per heavy atom. The third kappa shape index (κ3) is 3.41. The molecule has 0 aliphatic rings. The second-order valence-corrected chi connectivity index (χ2v) is 7.73. The molecule has 9 heteroatoms. The zero-order chi connectivity index (χ0) is 19.1. The molecular formula is C18H13Cl2N5OS. The molecule has 2 aromatic heterocycles. The molecule has 2 heterocycles. The van der Waals surface area contributed by atoms with Crippen LogP contribution in [0.25, 0.3) is 15.5 Å². The highest BCUT2D eigenvalue weighted by Gasteiger charge is 2.14. The van der Waals surface area contributed by atoms with Gasteiger partial charge in [0, 0.05) is 16.8 Å². The number of amides is 1. The molecule has 0 aliphatic carbocycles. The highest BCUT2D eigenvalue weighted by atomic mass is 35.5. The van der Waals surface area contributed by atoms with Crippen LogP contribution in [0, 0.1) is 13.8 Å². The minimum atomic E-state index is -0.261. The monoisotopic (exact) mass is 417 g/mol. The van der Waals surface area contributed by atoms with Gasteiger partial charge in [-0.1, -0.05) is 46.7 Å². The SMILES string of the molecule is Cc1ccc(-c2nn3c(C)nnc3s2)cc1NC(=O)c1ccc(Cl)c(Cl)c1. The number of halogens is 2. The summed E-state index contributed by atoms with van der Waals surface area (Å²) in [4.78, 5) is 13.3. The predicted molar refractivity (Wildman–Crippen MR) is 108 cm³/mol. The molecule has 0 unspecified atom stereocenters. The Balaban J connectivity index is 1.65. The van der Waals surface area contributed by atoms with Crippen LogP contribution in [-0.2, 0) is 0 Å². The second-order valence-electron chi connectivity index (χ2n) is 5.96. The van der Waals surface area contributed by atoms with Crippen LogP contribution in [0.4, 0.5) is 5.69 Å². The number of carbonyl (C=O) groups is 1. The van der Waals surface area contributed by atoms with Gasteiger partial charge in [0.1, 0.15) is 5.01 Å². The number of nitrogens with one attached hydrogen (secondary N) is 1. The smallest absolute Gasteiger partial charge is 0.255 e. The Morgan fingerprint density at radius 2 is 1.89 bits per heavy atom. The summed E-state index contributed by atoms with van der Waals surface area (Å²) in [6, 6.07) is 10.6. The maximum Gasteiger partial charge on any atom is 0.255 e. The summed E-state index contributed by atoms with van der Waals surface area (Å²) in [7, 11) is 0. The fourth-order valence-corrected chi connectivity index (χ4v) is 3.73. The van der Waals surface area contributed by atoms with Gasteiger partial charge in [0.2, 0.25) is 4.96 Å². The van der Waals surface area contributed by atoms with E-state index in [0.717, 1.165) is 26.9 Å². The van der Waals surface area contributed by atoms with E-state index in [-0.39, 0.29) is 5.91 Å². The van der Waals surface area contributed by atoms with Crippen LogP contribution < -0.4 is 5.32 Å². The van der Waals surface area contributed by atoms with Gasteiger partial charge >= 0.3 is 0 Å². The van der Waals surface area contributed by atoms with E-state index < -0.39 is 0 Å². The molecule has 2 aromatic carbocycles. The van der Waals surface area contributed by atoms with Crippen molar-refractivity contribution in [3.63, 3.8) is 0 Å². The van der Waals surface area contributed by atoms with E-state index in [1.54, 1.807) is 22.7 Å². The number of fused-ring (bicyclic) bond motifs is 1. The fourth-order valence-electron chi connectivity index (χ4n) is 2.55. The van der Waals surface area contributed by atoms with Gasteiger partial charge in [0.05, 0.1) is 10.0 Å². The highest BCUT2D eigenvalue weighted by Crippen LogP contribution is 2.30. The molecule has 0 fully saturated rings. The lowest BCUT2D eigenvalue weighted by atomic mass is 10.1. The van der Waals surface area contributed by atoms with Crippen LogP contribution in [0.5, 0.6) is 0 Å². The van der Waals surface area contributed by atoms with E-state index in [0.29, 0.717) is 21.3 Å². The first kappa shape index (κ1) is 17.9. The van der Waals surface area contributed by atoms with Crippen molar-refractivity contribution in [2.24, 2.45) is 0 Å². The average molecular weight is 418 g/mol. The zero-order valence-electron chi connectivity index (χ0n) is 14.3. The first-order chi connectivity index (χ1) is 12.9. The Morgan fingerprint density at radius 3 is 2.63 bits per heavy atom. The lowest BCUT2D eigenvalue weighted by Crippen LogP contribution is -2.12. The maximum atomic E-state index is 12.6. The van der Waals surface area contributed by atoms with Crippen LogP contribution in [0.2, 0.25) is 10.0 Å². The molecule has 0 atom stereocenters. The summed E-state index contributed by atoms with van der Waals surface area (Å²) < 4.78 is 1.70. The first-order valence-electron chi connectivity index (χ1n) is 7.98. The topological polar surface area (TPSA) is 72.2 Å². The van der Waals surface area contributed by atoms with Crippen LogP contribution >= 0.6 is 34.5 Å². The normalized spacial score (nSPS) is 11.1. The first-order valence-corrected chi connectivity index (χ1v) is 9.56. The van der Waals surface area contributed by atoms with Gasteiger partial charge in [0.15, 0.2) is 5.82 Å². The van der Waals surface area contributed by atoms with Crippen molar-refractivity contribution >= 4 is 51.1 Å². The Kier molecular flexibility index (Phi) is 4.59. The maximum absolute atomic E-state index is 12.6. The molecule has 0 saturated carbocycles. The number of hydrogen-bond donors (Lipinski definition) is 1. The molecule has 0 bridgehead atoms. The summed E-state index contributed by atoms with van der Waals surface area (Å²) in [5.41, 5.74) is 2.96. The molecule has 1 N–H and O–H groups in total. The van der Waals surface area contributed by atoms with E-state index in [2.05, 4.69) is 20.6 Å². The number of rotatable bonds is 3. The van der Waals surface area contributed by atoms with Gasteiger partial charge in [-0.3, -0.25) is 4.79 Å². The number of aryl methyl sites for hydroxylation is 2. The van der Waals surface area contributed by atoms with Gasteiger partial charge < -0.3 is 5.32 Å².